The summed E-state index contributed by atoms with van der Waals surface area (Å²) in [7, 11) is 1.63. The minimum atomic E-state index is -0.938. The molecular weight excluding hydrogens is 222 g/mol. The zero-order valence-electron chi connectivity index (χ0n) is 10.3. The van der Waals surface area contributed by atoms with E-state index in [4.69, 9.17) is 20.3 Å². The zero-order valence-corrected chi connectivity index (χ0v) is 10.3. The summed E-state index contributed by atoms with van der Waals surface area (Å²) in [6.45, 7) is 1.12. The quantitative estimate of drug-likeness (QED) is 0.745. The van der Waals surface area contributed by atoms with E-state index in [2.05, 4.69) is 0 Å². The molecule has 0 aromatic heterocycles. The van der Waals surface area contributed by atoms with Gasteiger partial charge in [0.2, 0.25) is 0 Å². The predicted octanol–water partition coefficient (Wildman–Crippen LogP) is 0.764. The molecule has 1 saturated heterocycles. The van der Waals surface area contributed by atoms with Gasteiger partial charge < -0.3 is 20.3 Å². The number of nitrogens with two attached hydrogens (primary N) is 1. The molecule has 0 spiro atoms. The van der Waals surface area contributed by atoms with Crippen LogP contribution in [-0.4, -0.2) is 43.0 Å². The van der Waals surface area contributed by atoms with Crippen LogP contribution in [0.15, 0.2) is 0 Å². The first-order valence-electron chi connectivity index (χ1n) is 6.19. The summed E-state index contributed by atoms with van der Waals surface area (Å²) in [5, 5.41) is 9.15. The number of carbonyl (C=O) groups is 1. The van der Waals surface area contributed by atoms with Crippen molar-refractivity contribution >= 4 is 5.97 Å². The Bertz CT molecular complexity index is 289. The summed E-state index contributed by atoms with van der Waals surface area (Å²) in [5.74, 6) is -0.938. The van der Waals surface area contributed by atoms with E-state index in [1.54, 1.807) is 7.11 Å². The van der Waals surface area contributed by atoms with Crippen molar-refractivity contribution in [3.05, 3.63) is 0 Å². The molecule has 2 atom stereocenters. The molecule has 98 valence electrons. The molecule has 5 heteroatoms. The highest BCUT2D eigenvalue weighted by Crippen LogP contribution is 2.60. The molecular formula is C12H21NO4. The van der Waals surface area contributed by atoms with Crippen molar-refractivity contribution in [3.63, 3.8) is 0 Å². The van der Waals surface area contributed by atoms with Gasteiger partial charge in [-0.3, -0.25) is 4.79 Å². The maximum absolute atomic E-state index is 11.2. The molecule has 0 bridgehead atoms. The van der Waals surface area contributed by atoms with Crippen molar-refractivity contribution in [3.8, 4) is 0 Å². The summed E-state index contributed by atoms with van der Waals surface area (Å²) < 4.78 is 11.2. The summed E-state index contributed by atoms with van der Waals surface area (Å²) in [6.07, 6.45) is 4.58. The van der Waals surface area contributed by atoms with Crippen LogP contribution in [0.1, 0.15) is 32.1 Å². The lowest BCUT2D eigenvalue weighted by Gasteiger charge is -2.45. The molecule has 0 aromatic rings. The average Bonchev–Trinajstić information content (AvgIpc) is 3.11. The third-order valence-electron chi connectivity index (χ3n) is 4.29. The minimum Gasteiger partial charge on any atom is -0.480 e. The van der Waals surface area contributed by atoms with Crippen molar-refractivity contribution in [2.45, 2.75) is 43.7 Å². The van der Waals surface area contributed by atoms with E-state index >= 15 is 0 Å². The van der Waals surface area contributed by atoms with Crippen LogP contribution in [0.3, 0.4) is 0 Å². The highest BCUT2D eigenvalue weighted by Gasteiger charge is 2.65. The van der Waals surface area contributed by atoms with E-state index in [1.165, 1.54) is 0 Å². The Labute approximate surface area is 101 Å². The molecule has 1 aliphatic heterocycles. The first kappa shape index (κ1) is 12.8. The van der Waals surface area contributed by atoms with Gasteiger partial charge in [0.15, 0.2) is 0 Å². The van der Waals surface area contributed by atoms with Crippen LogP contribution >= 0.6 is 0 Å². The molecule has 17 heavy (non-hydrogen) atoms. The third-order valence-corrected chi connectivity index (χ3v) is 4.29. The highest BCUT2D eigenvalue weighted by molar-refractivity contribution is 5.75. The van der Waals surface area contributed by atoms with Crippen molar-refractivity contribution in [1.82, 2.24) is 0 Å². The van der Waals surface area contributed by atoms with Crippen molar-refractivity contribution < 1.29 is 19.4 Å². The SMILES string of the molecule is COCC1(C2(C(N)C(=O)O)CC2)CCCCO1. The lowest BCUT2D eigenvalue weighted by Crippen LogP contribution is -2.58. The Morgan fingerprint density at radius 2 is 2.18 bits per heavy atom. The second kappa shape index (κ2) is 4.55. The van der Waals surface area contributed by atoms with Crippen LogP contribution < -0.4 is 5.73 Å². The molecule has 2 rings (SSSR count). The molecule has 2 unspecified atom stereocenters. The molecule has 2 fully saturated rings. The fourth-order valence-corrected chi connectivity index (χ4v) is 3.16. The number of methoxy groups -OCH3 is 1. The number of hydrogen-bond donors (Lipinski definition) is 2. The van der Waals surface area contributed by atoms with Crippen LogP contribution in [0, 0.1) is 5.41 Å². The van der Waals surface area contributed by atoms with Gasteiger partial charge >= 0.3 is 5.97 Å². The van der Waals surface area contributed by atoms with E-state index in [9.17, 15) is 4.79 Å². The van der Waals surface area contributed by atoms with Gasteiger partial charge in [0, 0.05) is 19.1 Å². The van der Waals surface area contributed by atoms with E-state index in [0.29, 0.717) is 13.2 Å². The average molecular weight is 243 g/mol. The predicted molar refractivity (Wildman–Crippen MR) is 61.7 cm³/mol. The van der Waals surface area contributed by atoms with Gasteiger partial charge in [-0.25, -0.2) is 0 Å². The molecule has 5 nitrogen and oxygen atoms in total. The number of carboxylic acids is 1. The fourth-order valence-electron chi connectivity index (χ4n) is 3.16. The number of hydrogen-bond acceptors (Lipinski definition) is 4. The van der Waals surface area contributed by atoms with Crippen molar-refractivity contribution in [2.24, 2.45) is 11.1 Å². The Hall–Kier alpha value is -0.650. The van der Waals surface area contributed by atoms with Gasteiger partial charge in [0.05, 0.1) is 12.2 Å². The molecule has 1 aliphatic carbocycles. The summed E-state index contributed by atoms with van der Waals surface area (Å²) in [6, 6.07) is -0.851. The normalized spacial score (nSPS) is 33.1. The number of ether oxygens (including phenoxy) is 2. The Morgan fingerprint density at radius 1 is 1.47 bits per heavy atom. The Kier molecular flexibility index (Phi) is 3.43. The van der Waals surface area contributed by atoms with Crippen molar-refractivity contribution in [1.29, 1.82) is 0 Å². The van der Waals surface area contributed by atoms with Gasteiger partial charge in [-0.2, -0.15) is 0 Å². The van der Waals surface area contributed by atoms with Crippen LogP contribution in [0.2, 0.25) is 0 Å². The van der Waals surface area contributed by atoms with Crippen molar-refractivity contribution in [2.75, 3.05) is 20.3 Å². The van der Waals surface area contributed by atoms with E-state index in [0.717, 1.165) is 32.1 Å². The van der Waals surface area contributed by atoms with Gasteiger partial charge in [-0.05, 0) is 32.1 Å². The minimum absolute atomic E-state index is 0.421. The Balaban J connectivity index is 2.23. The van der Waals surface area contributed by atoms with Gasteiger partial charge in [-0.1, -0.05) is 0 Å². The maximum Gasteiger partial charge on any atom is 0.321 e. The Morgan fingerprint density at radius 3 is 2.59 bits per heavy atom. The first-order chi connectivity index (χ1) is 8.08. The number of carboxylic acid groups (broad SMARTS) is 1. The lowest BCUT2D eigenvalue weighted by molar-refractivity contribution is -0.173. The van der Waals surface area contributed by atoms with E-state index in [-0.39, 0.29) is 0 Å². The van der Waals surface area contributed by atoms with Crippen LogP contribution in [0.25, 0.3) is 0 Å². The summed E-state index contributed by atoms with van der Waals surface area (Å²) in [4.78, 5) is 11.2. The highest BCUT2D eigenvalue weighted by atomic mass is 16.5. The van der Waals surface area contributed by atoms with Crippen LogP contribution in [-0.2, 0) is 14.3 Å². The lowest BCUT2D eigenvalue weighted by atomic mass is 9.74. The number of aliphatic carboxylic acids is 1. The maximum atomic E-state index is 11.2. The van der Waals surface area contributed by atoms with E-state index < -0.39 is 23.0 Å². The smallest absolute Gasteiger partial charge is 0.321 e. The molecule has 3 N–H and O–H groups in total. The molecule has 1 heterocycles. The molecule has 0 amide bonds. The molecule has 0 aromatic carbocycles. The summed E-state index contributed by atoms with van der Waals surface area (Å²) >= 11 is 0. The van der Waals surface area contributed by atoms with Gasteiger partial charge in [-0.15, -0.1) is 0 Å². The zero-order chi connectivity index (χ0) is 12.5. The van der Waals surface area contributed by atoms with Crippen LogP contribution in [0.5, 0.6) is 0 Å². The van der Waals surface area contributed by atoms with Gasteiger partial charge in [0.25, 0.3) is 0 Å². The van der Waals surface area contributed by atoms with E-state index in [1.807, 2.05) is 0 Å². The molecule has 0 radical (unpaired) electrons. The van der Waals surface area contributed by atoms with Gasteiger partial charge in [0.1, 0.15) is 6.04 Å². The summed E-state index contributed by atoms with van der Waals surface area (Å²) in [5.41, 5.74) is 4.96. The second-order valence-electron chi connectivity index (χ2n) is 5.20. The fraction of sp³-hybridized carbons (Fsp3) is 0.917. The monoisotopic (exact) mass is 243 g/mol. The largest absolute Gasteiger partial charge is 0.480 e. The number of rotatable bonds is 5. The molecule has 2 aliphatic rings. The first-order valence-corrected chi connectivity index (χ1v) is 6.19. The standard InChI is InChI=1S/C12H21NO4/c1-16-8-12(4-2-3-7-17-12)11(5-6-11)9(13)10(14)15/h9H,2-8,13H2,1H3,(H,14,15). The third kappa shape index (κ3) is 1.96. The topological polar surface area (TPSA) is 81.8 Å². The van der Waals surface area contributed by atoms with Crippen LogP contribution in [0.4, 0.5) is 0 Å². The molecule has 1 saturated carbocycles. The second-order valence-corrected chi connectivity index (χ2v) is 5.20.